The van der Waals surface area contributed by atoms with Crippen LogP contribution in [0.1, 0.15) is 28.7 Å². The number of para-hydroxylation sites is 1. The van der Waals surface area contributed by atoms with E-state index in [0.29, 0.717) is 34.5 Å². The standard InChI is InChI=1S/C24H24N6O3S/c1-4-33-18-11-9-17(10-12-18)26-22(32)19-7-5-6-8-20(19)27-21(31)14-34-24-29-28-23-25-15(2)13-16(3)30(23)24/h5-13H,4,14H2,1-3H3,(H,26,32)(H,27,31). The van der Waals surface area contributed by atoms with Crippen LogP contribution in [0.5, 0.6) is 5.75 Å². The Balaban J connectivity index is 1.41. The van der Waals surface area contributed by atoms with Crippen molar-refractivity contribution in [3.05, 3.63) is 71.5 Å². The Kier molecular flexibility index (Phi) is 7.07. The fraction of sp³-hybridized carbons (Fsp3) is 0.208. The van der Waals surface area contributed by atoms with Crippen LogP contribution in [0, 0.1) is 13.8 Å². The van der Waals surface area contributed by atoms with Gasteiger partial charge in [0, 0.05) is 17.1 Å². The van der Waals surface area contributed by atoms with Crippen molar-refractivity contribution in [2.24, 2.45) is 0 Å². The summed E-state index contributed by atoms with van der Waals surface area (Å²) >= 11 is 1.25. The van der Waals surface area contributed by atoms with Crippen LogP contribution in [-0.2, 0) is 4.79 Å². The van der Waals surface area contributed by atoms with Gasteiger partial charge in [0.1, 0.15) is 5.75 Å². The number of anilines is 2. The first-order chi connectivity index (χ1) is 16.4. The molecule has 4 aromatic rings. The summed E-state index contributed by atoms with van der Waals surface area (Å²) in [4.78, 5) is 29.9. The molecule has 2 amide bonds. The van der Waals surface area contributed by atoms with E-state index in [9.17, 15) is 9.59 Å². The van der Waals surface area contributed by atoms with Gasteiger partial charge in [0.2, 0.25) is 5.91 Å². The quantitative estimate of drug-likeness (QED) is 0.368. The van der Waals surface area contributed by atoms with Crippen LogP contribution >= 0.6 is 11.8 Å². The molecular formula is C24H24N6O3S. The lowest BCUT2D eigenvalue weighted by Gasteiger charge is -2.12. The lowest BCUT2D eigenvalue weighted by atomic mass is 10.1. The first-order valence-electron chi connectivity index (χ1n) is 10.7. The third kappa shape index (κ3) is 5.34. The lowest BCUT2D eigenvalue weighted by molar-refractivity contribution is -0.113. The van der Waals surface area contributed by atoms with Crippen molar-refractivity contribution >= 4 is 40.7 Å². The highest BCUT2D eigenvalue weighted by Crippen LogP contribution is 2.22. The van der Waals surface area contributed by atoms with Gasteiger partial charge in [-0.05, 0) is 63.2 Å². The van der Waals surface area contributed by atoms with Crippen molar-refractivity contribution in [2.75, 3.05) is 23.0 Å². The number of rotatable bonds is 8. The molecule has 2 aromatic carbocycles. The SMILES string of the molecule is CCOc1ccc(NC(=O)c2ccccc2NC(=O)CSc2nnc3nc(C)cc(C)n23)cc1. The molecule has 0 spiro atoms. The maximum Gasteiger partial charge on any atom is 0.257 e. The number of hydrogen-bond donors (Lipinski definition) is 2. The average molecular weight is 477 g/mol. The van der Waals surface area contributed by atoms with Gasteiger partial charge in [0.15, 0.2) is 5.16 Å². The number of aryl methyl sites for hydroxylation is 2. The summed E-state index contributed by atoms with van der Waals surface area (Å²) in [6.07, 6.45) is 0. The Morgan fingerprint density at radius 1 is 1.03 bits per heavy atom. The van der Waals surface area contributed by atoms with E-state index in [4.69, 9.17) is 4.74 Å². The number of nitrogens with one attached hydrogen (secondary N) is 2. The van der Waals surface area contributed by atoms with Crippen LogP contribution in [0.15, 0.2) is 59.8 Å². The van der Waals surface area contributed by atoms with E-state index in [2.05, 4.69) is 25.8 Å². The second-order valence-electron chi connectivity index (χ2n) is 7.45. The molecule has 9 nitrogen and oxygen atoms in total. The summed E-state index contributed by atoms with van der Waals surface area (Å²) in [5, 5.41) is 14.5. The van der Waals surface area contributed by atoms with Crippen LogP contribution in [0.2, 0.25) is 0 Å². The zero-order valence-electron chi connectivity index (χ0n) is 19.0. The van der Waals surface area contributed by atoms with Crippen molar-refractivity contribution in [2.45, 2.75) is 25.9 Å². The predicted octanol–water partition coefficient (Wildman–Crippen LogP) is 4.12. The van der Waals surface area contributed by atoms with Crippen LogP contribution in [0.4, 0.5) is 11.4 Å². The summed E-state index contributed by atoms with van der Waals surface area (Å²) in [7, 11) is 0. The molecule has 2 heterocycles. The van der Waals surface area contributed by atoms with E-state index >= 15 is 0 Å². The fourth-order valence-corrected chi connectivity index (χ4v) is 4.19. The normalized spacial score (nSPS) is 10.8. The predicted molar refractivity (Wildman–Crippen MR) is 132 cm³/mol. The van der Waals surface area contributed by atoms with E-state index in [1.54, 1.807) is 48.5 Å². The van der Waals surface area contributed by atoms with E-state index < -0.39 is 0 Å². The Labute approximate surface area is 201 Å². The topological polar surface area (TPSA) is 111 Å². The van der Waals surface area contributed by atoms with E-state index in [-0.39, 0.29) is 17.6 Å². The molecule has 174 valence electrons. The number of ether oxygens (including phenoxy) is 1. The second kappa shape index (κ2) is 10.3. The molecule has 34 heavy (non-hydrogen) atoms. The van der Waals surface area contributed by atoms with Gasteiger partial charge in [-0.2, -0.15) is 0 Å². The molecular weight excluding hydrogens is 452 g/mol. The fourth-order valence-electron chi connectivity index (χ4n) is 3.40. The van der Waals surface area contributed by atoms with Crippen LogP contribution in [0.25, 0.3) is 5.78 Å². The van der Waals surface area contributed by atoms with Gasteiger partial charge in [0.25, 0.3) is 11.7 Å². The van der Waals surface area contributed by atoms with Gasteiger partial charge in [-0.25, -0.2) is 4.98 Å². The summed E-state index contributed by atoms with van der Waals surface area (Å²) < 4.78 is 7.23. The first-order valence-corrected chi connectivity index (χ1v) is 11.7. The number of carbonyl (C=O) groups is 2. The molecule has 0 bridgehead atoms. The van der Waals surface area contributed by atoms with Crippen molar-refractivity contribution in [3.8, 4) is 5.75 Å². The Morgan fingerprint density at radius 2 is 1.79 bits per heavy atom. The number of benzene rings is 2. The highest BCUT2D eigenvalue weighted by atomic mass is 32.2. The van der Waals surface area contributed by atoms with Crippen molar-refractivity contribution < 1.29 is 14.3 Å². The van der Waals surface area contributed by atoms with Crippen molar-refractivity contribution in [3.63, 3.8) is 0 Å². The van der Waals surface area contributed by atoms with Gasteiger partial charge in [0.05, 0.1) is 23.6 Å². The van der Waals surface area contributed by atoms with Crippen molar-refractivity contribution in [1.82, 2.24) is 19.6 Å². The molecule has 0 aliphatic carbocycles. The number of thioether (sulfide) groups is 1. The minimum absolute atomic E-state index is 0.100. The number of nitrogens with zero attached hydrogens (tertiary/aromatic N) is 4. The molecule has 0 aliphatic heterocycles. The third-order valence-corrected chi connectivity index (χ3v) is 5.79. The minimum atomic E-state index is -0.326. The highest BCUT2D eigenvalue weighted by molar-refractivity contribution is 7.99. The van der Waals surface area contributed by atoms with E-state index in [1.165, 1.54) is 11.8 Å². The largest absolute Gasteiger partial charge is 0.494 e. The molecule has 10 heteroatoms. The summed E-state index contributed by atoms with van der Waals surface area (Å²) in [6.45, 7) is 6.31. The van der Waals surface area contributed by atoms with Gasteiger partial charge in [-0.1, -0.05) is 23.9 Å². The number of aromatic nitrogens is 4. The molecule has 0 unspecified atom stereocenters. The molecule has 2 aromatic heterocycles. The lowest BCUT2D eigenvalue weighted by Crippen LogP contribution is -2.19. The maximum absolute atomic E-state index is 12.9. The highest BCUT2D eigenvalue weighted by Gasteiger charge is 2.16. The van der Waals surface area contributed by atoms with E-state index in [0.717, 1.165) is 17.1 Å². The van der Waals surface area contributed by atoms with Crippen molar-refractivity contribution in [1.29, 1.82) is 0 Å². The molecule has 4 rings (SSSR count). The zero-order valence-corrected chi connectivity index (χ0v) is 19.8. The molecule has 0 aliphatic rings. The molecule has 0 atom stereocenters. The third-order valence-electron chi connectivity index (χ3n) is 4.86. The van der Waals surface area contributed by atoms with E-state index in [1.807, 2.05) is 31.2 Å². The number of amides is 2. The number of fused-ring (bicyclic) bond motifs is 1. The molecule has 0 saturated carbocycles. The Hall–Kier alpha value is -3.92. The summed E-state index contributed by atoms with van der Waals surface area (Å²) in [6, 6.07) is 15.9. The van der Waals surface area contributed by atoms with Gasteiger partial charge < -0.3 is 15.4 Å². The summed E-state index contributed by atoms with van der Waals surface area (Å²) in [5.41, 5.74) is 3.20. The Bertz CT molecular complexity index is 1340. The smallest absolute Gasteiger partial charge is 0.257 e. The zero-order chi connectivity index (χ0) is 24.1. The van der Waals surface area contributed by atoms with Crippen LogP contribution in [0.3, 0.4) is 0 Å². The maximum atomic E-state index is 12.9. The van der Waals surface area contributed by atoms with Gasteiger partial charge in [-0.3, -0.25) is 14.0 Å². The first kappa shape index (κ1) is 23.2. The van der Waals surface area contributed by atoms with Gasteiger partial charge >= 0.3 is 0 Å². The molecule has 0 saturated heterocycles. The average Bonchev–Trinajstić information content (AvgIpc) is 3.22. The molecule has 0 radical (unpaired) electrons. The molecule has 2 N–H and O–H groups in total. The minimum Gasteiger partial charge on any atom is -0.494 e. The van der Waals surface area contributed by atoms with Crippen LogP contribution < -0.4 is 15.4 Å². The van der Waals surface area contributed by atoms with Crippen LogP contribution in [-0.4, -0.2) is 43.8 Å². The Morgan fingerprint density at radius 3 is 2.56 bits per heavy atom. The number of hydrogen-bond acceptors (Lipinski definition) is 7. The molecule has 0 fully saturated rings. The monoisotopic (exact) mass is 476 g/mol. The second-order valence-corrected chi connectivity index (χ2v) is 8.39. The summed E-state index contributed by atoms with van der Waals surface area (Å²) in [5.74, 6) is 0.737. The van der Waals surface area contributed by atoms with Gasteiger partial charge in [-0.15, -0.1) is 10.2 Å². The number of carbonyl (C=O) groups excluding carboxylic acids is 2.